The monoisotopic (exact) mass is 349 g/mol. The van der Waals surface area contributed by atoms with Crippen LogP contribution in [-0.4, -0.2) is 36.2 Å². The van der Waals surface area contributed by atoms with Gasteiger partial charge < -0.3 is 20.3 Å². The first kappa shape index (κ1) is 20.4. The summed E-state index contributed by atoms with van der Waals surface area (Å²) in [6.07, 6.45) is 3.43. The number of carbonyl (C=O) groups is 3. The van der Waals surface area contributed by atoms with E-state index in [9.17, 15) is 19.5 Å². The predicted molar refractivity (Wildman–Crippen MR) is 90.3 cm³/mol. The van der Waals surface area contributed by atoms with Crippen LogP contribution >= 0.6 is 0 Å². The lowest BCUT2D eigenvalue weighted by Crippen LogP contribution is -2.46. The van der Waals surface area contributed by atoms with Crippen LogP contribution in [0, 0.1) is 5.41 Å². The highest BCUT2D eigenvalue weighted by atomic mass is 16.6. The Morgan fingerprint density at radius 3 is 2.40 bits per heavy atom. The van der Waals surface area contributed by atoms with E-state index in [1.165, 1.54) is 6.08 Å². The minimum atomic E-state index is -2.54. The van der Waals surface area contributed by atoms with Crippen LogP contribution in [-0.2, 0) is 30.5 Å². The van der Waals surface area contributed by atoms with Gasteiger partial charge in [-0.3, -0.25) is 4.79 Å². The fourth-order valence-electron chi connectivity index (χ4n) is 2.08. The van der Waals surface area contributed by atoms with E-state index in [1.807, 2.05) is 0 Å². The number of nitrogens with two attached hydrogens (primary N) is 1. The summed E-state index contributed by atoms with van der Waals surface area (Å²) in [6.45, 7) is 1.64. The van der Waals surface area contributed by atoms with Crippen molar-refractivity contribution in [3.63, 3.8) is 0 Å². The van der Waals surface area contributed by atoms with Gasteiger partial charge in [-0.2, -0.15) is 0 Å². The molecular formula is C18H23NO6. The molecular weight excluding hydrogens is 326 g/mol. The Labute approximate surface area is 146 Å². The quantitative estimate of drug-likeness (QED) is 0.395. The number of allylic oxidation sites excluding steroid dienone is 1. The summed E-state index contributed by atoms with van der Waals surface area (Å²) in [5.41, 5.74) is 3.75. The molecule has 0 radical (unpaired) electrons. The summed E-state index contributed by atoms with van der Waals surface area (Å²) in [4.78, 5) is 36.2. The van der Waals surface area contributed by atoms with Crippen molar-refractivity contribution in [2.75, 3.05) is 7.11 Å². The van der Waals surface area contributed by atoms with Gasteiger partial charge >= 0.3 is 17.9 Å². The maximum absolute atomic E-state index is 12.4. The zero-order chi connectivity index (χ0) is 18.9. The van der Waals surface area contributed by atoms with Gasteiger partial charge in [0.25, 0.3) is 5.41 Å². The predicted octanol–water partition coefficient (Wildman–Crippen LogP) is 1.66. The van der Waals surface area contributed by atoms with Crippen molar-refractivity contribution in [1.29, 1.82) is 0 Å². The molecule has 0 aliphatic rings. The molecule has 7 heteroatoms. The van der Waals surface area contributed by atoms with E-state index in [0.29, 0.717) is 18.4 Å². The molecule has 3 N–H and O–H groups in total. The Bertz CT molecular complexity index is 626. The highest BCUT2D eigenvalue weighted by Gasteiger charge is 2.54. The lowest BCUT2D eigenvalue weighted by molar-refractivity contribution is -0.176. The first-order chi connectivity index (χ1) is 11.8. The molecule has 2 atom stereocenters. The van der Waals surface area contributed by atoms with Crippen molar-refractivity contribution in [3.8, 4) is 0 Å². The lowest BCUT2D eigenvalue weighted by atomic mass is 9.87. The van der Waals surface area contributed by atoms with Crippen molar-refractivity contribution in [2.24, 2.45) is 11.1 Å². The summed E-state index contributed by atoms with van der Waals surface area (Å²) in [6, 6.07) is 8.64. The average Bonchev–Trinajstić information content (AvgIpc) is 2.59. The second-order valence-corrected chi connectivity index (χ2v) is 5.62. The van der Waals surface area contributed by atoms with Crippen molar-refractivity contribution in [1.82, 2.24) is 0 Å². The molecule has 0 aromatic heterocycles. The second kappa shape index (κ2) is 9.58. The fraction of sp³-hybridized carbons (Fsp3) is 0.389. The number of carboxylic acid groups (broad SMARTS) is 1. The van der Waals surface area contributed by atoms with Crippen LogP contribution in [0.25, 0.3) is 0 Å². The fourth-order valence-corrected chi connectivity index (χ4v) is 2.08. The topological polar surface area (TPSA) is 116 Å². The molecule has 0 heterocycles. The number of hydrogen-bond acceptors (Lipinski definition) is 6. The molecule has 1 rings (SSSR count). The first-order valence-corrected chi connectivity index (χ1v) is 7.80. The number of methoxy groups -OCH3 is 1. The molecule has 2 unspecified atom stereocenters. The van der Waals surface area contributed by atoms with Crippen molar-refractivity contribution in [3.05, 3.63) is 48.0 Å². The van der Waals surface area contributed by atoms with E-state index in [1.54, 1.807) is 37.3 Å². The number of carbonyl (C=O) groups excluding carboxylic acids is 2. The van der Waals surface area contributed by atoms with Crippen LogP contribution in [0.4, 0.5) is 0 Å². The van der Waals surface area contributed by atoms with Crippen LogP contribution in [0.1, 0.15) is 25.3 Å². The maximum atomic E-state index is 12.4. The van der Waals surface area contributed by atoms with Gasteiger partial charge in [-0.25, -0.2) is 9.59 Å². The molecule has 0 saturated carbocycles. The standard InChI is InChI=1S/C18H23NO6/c1-13(19)8-6-7-11-18(15(20)21,16(22)24-2)17(23)25-12-14-9-4-3-5-10-14/h3-5,7,9-11,13H,6,8,12,19H2,1-2H3,(H,20,21)/b11-7+. The third-order valence-electron chi connectivity index (χ3n) is 3.54. The number of carboxylic acids is 1. The van der Waals surface area contributed by atoms with Crippen LogP contribution in [0.5, 0.6) is 0 Å². The van der Waals surface area contributed by atoms with E-state index in [2.05, 4.69) is 4.74 Å². The van der Waals surface area contributed by atoms with Crippen molar-refractivity contribution in [2.45, 2.75) is 32.4 Å². The van der Waals surface area contributed by atoms with Crippen molar-refractivity contribution < 1.29 is 29.0 Å². The Morgan fingerprint density at radius 2 is 1.88 bits per heavy atom. The number of aliphatic carboxylic acids is 1. The minimum Gasteiger partial charge on any atom is -0.480 e. The summed E-state index contributed by atoms with van der Waals surface area (Å²) in [5.74, 6) is -4.07. The van der Waals surface area contributed by atoms with Gasteiger partial charge in [-0.1, -0.05) is 36.4 Å². The number of esters is 2. The second-order valence-electron chi connectivity index (χ2n) is 5.62. The SMILES string of the molecule is COC(=O)C(/C=C/CCC(C)N)(C(=O)O)C(=O)OCc1ccccc1. The molecule has 7 nitrogen and oxygen atoms in total. The minimum absolute atomic E-state index is 0.0907. The molecule has 0 aliphatic carbocycles. The number of hydrogen-bond donors (Lipinski definition) is 2. The molecule has 0 spiro atoms. The zero-order valence-electron chi connectivity index (χ0n) is 14.3. The number of benzene rings is 1. The van der Waals surface area contributed by atoms with Crippen LogP contribution in [0.2, 0.25) is 0 Å². The highest BCUT2D eigenvalue weighted by Crippen LogP contribution is 2.25. The number of rotatable bonds is 9. The average molecular weight is 349 g/mol. The molecule has 0 amide bonds. The van der Waals surface area contributed by atoms with Gasteiger partial charge in [-0.15, -0.1) is 0 Å². The van der Waals surface area contributed by atoms with E-state index in [-0.39, 0.29) is 12.6 Å². The van der Waals surface area contributed by atoms with Crippen LogP contribution in [0.15, 0.2) is 42.5 Å². The molecule has 0 aliphatic heterocycles. The van der Waals surface area contributed by atoms with Gasteiger partial charge in [0.15, 0.2) is 0 Å². The third kappa shape index (κ3) is 5.42. The largest absolute Gasteiger partial charge is 0.480 e. The van der Waals surface area contributed by atoms with Crippen molar-refractivity contribution >= 4 is 17.9 Å². The van der Waals surface area contributed by atoms with E-state index >= 15 is 0 Å². The smallest absolute Gasteiger partial charge is 0.339 e. The Morgan fingerprint density at radius 1 is 1.24 bits per heavy atom. The summed E-state index contributed by atoms with van der Waals surface area (Å²) < 4.78 is 9.59. The summed E-state index contributed by atoms with van der Waals surface area (Å²) in [5, 5.41) is 9.52. The first-order valence-electron chi connectivity index (χ1n) is 7.80. The Hall–Kier alpha value is -2.67. The van der Waals surface area contributed by atoms with Gasteiger partial charge in [0.2, 0.25) is 0 Å². The normalized spacial score (nSPS) is 14.5. The molecule has 1 aromatic rings. The molecule has 0 saturated heterocycles. The number of ether oxygens (including phenoxy) is 2. The lowest BCUT2D eigenvalue weighted by Gasteiger charge is -2.21. The maximum Gasteiger partial charge on any atom is 0.339 e. The molecule has 25 heavy (non-hydrogen) atoms. The zero-order valence-corrected chi connectivity index (χ0v) is 14.3. The molecule has 0 fully saturated rings. The highest BCUT2D eigenvalue weighted by molar-refractivity contribution is 6.19. The van der Waals surface area contributed by atoms with E-state index in [4.69, 9.17) is 10.5 Å². The van der Waals surface area contributed by atoms with Gasteiger partial charge in [0.1, 0.15) is 6.61 Å². The Balaban J connectivity index is 3.00. The van der Waals surface area contributed by atoms with E-state index in [0.717, 1.165) is 13.2 Å². The van der Waals surface area contributed by atoms with Gasteiger partial charge in [-0.05, 0) is 31.4 Å². The van der Waals surface area contributed by atoms with Gasteiger partial charge in [0.05, 0.1) is 7.11 Å². The third-order valence-corrected chi connectivity index (χ3v) is 3.54. The van der Waals surface area contributed by atoms with Crippen LogP contribution < -0.4 is 5.73 Å². The summed E-state index contributed by atoms with van der Waals surface area (Å²) in [7, 11) is 1.01. The van der Waals surface area contributed by atoms with E-state index < -0.39 is 23.3 Å². The van der Waals surface area contributed by atoms with Gasteiger partial charge in [0, 0.05) is 6.04 Å². The molecule has 0 bridgehead atoms. The Kier molecular flexibility index (Phi) is 7.81. The summed E-state index contributed by atoms with van der Waals surface area (Å²) >= 11 is 0. The molecule has 1 aromatic carbocycles. The molecule has 136 valence electrons. The van der Waals surface area contributed by atoms with Crippen LogP contribution in [0.3, 0.4) is 0 Å².